The first kappa shape index (κ1) is 36.9. The summed E-state index contributed by atoms with van der Waals surface area (Å²) in [4.78, 5) is 50.1. The highest BCUT2D eigenvalue weighted by Crippen LogP contribution is 2.70. The van der Waals surface area contributed by atoms with Gasteiger partial charge in [0, 0.05) is 31.1 Å². The highest BCUT2D eigenvalue weighted by Gasteiger charge is 2.77. The van der Waals surface area contributed by atoms with Crippen molar-refractivity contribution in [2.75, 3.05) is 13.2 Å². The maximum atomic E-state index is 13.3. The van der Waals surface area contributed by atoms with E-state index in [4.69, 9.17) is 33.2 Å². The predicted molar refractivity (Wildman–Crippen MR) is 163 cm³/mol. The highest BCUT2D eigenvalue weighted by atomic mass is 16.7. The summed E-state index contributed by atoms with van der Waals surface area (Å²) in [5.41, 5.74) is -2.46. The number of carbonyl (C=O) groups excluding carboxylic acids is 4. The quantitative estimate of drug-likeness (QED) is 0.153. The summed E-state index contributed by atoms with van der Waals surface area (Å²) in [6, 6.07) is 0. The smallest absolute Gasteiger partial charge is 0.309 e. The Labute approximate surface area is 281 Å². The van der Waals surface area contributed by atoms with Crippen LogP contribution in [0, 0.1) is 28.6 Å². The van der Waals surface area contributed by atoms with Gasteiger partial charge in [0.15, 0.2) is 12.6 Å². The summed E-state index contributed by atoms with van der Waals surface area (Å²) < 4.78 is 40.8. The van der Waals surface area contributed by atoms with Crippen LogP contribution in [0.2, 0.25) is 0 Å². The van der Waals surface area contributed by atoms with Crippen LogP contribution in [0.15, 0.2) is 0 Å². The lowest BCUT2D eigenvalue weighted by molar-refractivity contribution is -0.271. The molecule has 0 aromatic heterocycles. The average molecular weight is 685 g/mol. The standard InChI is InChI=1S/C34H52O14/c1-17-7-26(46-21(5)36)34(16-42-27(38)9-19(3)45-29(40)10-20(4)44-28(39)8-18(2)35)24(13-23(37)14-33(34)15-43-33)32(17,6)25-11-22-12-30(41)48-31(22)47-25/h17-20,22-26,30-31,35,37,41H,7-16H2,1-6H3/t17-,18+,19+,20+,22+,23-,24-,25+,26+,30?,31-,32+,33+,34+/m1/s1. The number of esters is 4. The van der Waals surface area contributed by atoms with Crippen molar-refractivity contribution in [1.29, 1.82) is 0 Å². The van der Waals surface area contributed by atoms with Gasteiger partial charge in [-0.1, -0.05) is 13.8 Å². The van der Waals surface area contributed by atoms with Crippen molar-refractivity contribution in [3.8, 4) is 0 Å². The van der Waals surface area contributed by atoms with Gasteiger partial charge in [0.1, 0.15) is 30.5 Å². The van der Waals surface area contributed by atoms with E-state index in [1.807, 2.05) is 0 Å². The molecule has 0 bridgehead atoms. The number of aliphatic hydroxyl groups is 3. The fraction of sp³-hybridized carbons (Fsp3) is 0.882. The molecule has 0 aromatic rings. The predicted octanol–water partition coefficient (Wildman–Crippen LogP) is 1.92. The molecule has 2 saturated carbocycles. The number of fused-ring (bicyclic) bond motifs is 3. The Bertz CT molecular complexity index is 1200. The first-order valence-electron chi connectivity index (χ1n) is 17.2. The van der Waals surface area contributed by atoms with Crippen LogP contribution >= 0.6 is 0 Å². The van der Waals surface area contributed by atoms with Gasteiger partial charge in [-0.25, -0.2) is 0 Å². The molecule has 0 radical (unpaired) electrons. The van der Waals surface area contributed by atoms with Gasteiger partial charge in [-0.3, -0.25) is 19.2 Å². The number of hydrogen-bond donors (Lipinski definition) is 3. The zero-order valence-corrected chi connectivity index (χ0v) is 28.8. The Morgan fingerprint density at radius 3 is 2.10 bits per heavy atom. The minimum absolute atomic E-state index is 0.0237. The Morgan fingerprint density at radius 1 is 0.896 bits per heavy atom. The van der Waals surface area contributed by atoms with Crippen molar-refractivity contribution in [2.45, 2.75) is 148 Å². The third kappa shape index (κ3) is 7.25. The summed E-state index contributed by atoms with van der Waals surface area (Å²) >= 11 is 0. The second-order valence-corrected chi connectivity index (χ2v) is 15.1. The molecule has 2 aliphatic carbocycles. The average Bonchev–Trinajstić information content (AvgIpc) is 3.46. The molecule has 5 aliphatic rings. The minimum atomic E-state index is -0.998. The van der Waals surface area contributed by atoms with E-state index in [0.717, 1.165) is 0 Å². The molecular formula is C34H52O14. The lowest BCUT2D eigenvalue weighted by Gasteiger charge is -2.64. The van der Waals surface area contributed by atoms with Gasteiger partial charge in [-0.2, -0.15) is 0 Å². The zero-order valence-electron chi connectivity index (χ0n) is 28.8. The summed E-state index contributed by atoms with van der Waals surface area (Å²) in [6.45, 7) is 10.3. The molecule has 48 heavy (non-hydrogen) atoms. The molecule has 0 amide bonds. The van der Waals surface area contributed by atoms with Crippen molar-refractivity contribution < 1.29 is 67.7 Å². The van der Waals surface area contributed by atoms with Crippen molar-refractivity contribution >= 4 is 23.9 Å². The molecule has 14 atom stereocenters. The van der Waals surface area contributed by atoms with E-state index in [1.165, 1.54) is 20.8 Å². The lowest BCUT2D eigenvalue weighted by atomic mass is 9.42. The normalized spacial score (nSPS) is 41.8. The maximum absolute atomic E-state index is 13.3. The van der Waals surface area contributed by atoms with Crippen molar-refractivity contribution in [3.63, 3.8) is 0 Å². The molecule has 1 unspecified atom stereocenters. The molecule has 5 fully saturated rings. The van der Waals surface area contributed by atoms with Gasteiger partial charge in [0.25, 0.3) is 0 Å². The van der Waals surface area contributed by atoms with Gasteiger partial charge in [-0.05, 0) is 51.9 Å². The van der Waals surface area contributed by atoms with E-state index in [0.29, 0.717) is 38.7 Å². The van der Waals surface area contributed by atoms with E-state index in [1.54, 1.807) is 6.92 Å². The fourth-order valence-corrected chi connectivity index (χ4v) is 9.14. The molecule has 3 N–H and O–H groups in total. The summed E-state index contributed by atoms with van der Waals surface area (Å²) in [5.74, 6) is -2.75. The fourth-order valence-electron chi connectivity index (χ4n) is 9.14. The molecular weight excluding hydrogens is 632 g/mol. The second-order valence-electron chi connectivity index (χ2n) is 15.1. The third-order valence-electron chi connectivity index (χ3n) is 11.5. The number of aliphatic hydroxyl groups excluding tert-OH is 3. The Hall–Kier alpha value is -2.36. The summed E-state index contributed by atoms with van der Waals surface area (Å²) in [7, 11) is 0. The number of epoxide rings is 1. The topological polar surface area (TPSA) is 197 Å². The molecule has 5 rings (SSSR count). The zero-order chi connectivity index (χ0) is 35.2. The van der Waals surface area contributed by atoms with Gasteiger partial charge < -0.3 is 48.5 Å². The molecule has 272 valence electrons. The molecule has 3 saturated heterocycles. The van der Waals surface area contributed by atoms with Crippen LogP contribution in [0.4, 0.5) is 0 Å². The Morgan fingerprint density at radius 2 is 1.52 bits per heavy atom. The van der Waals surface area contributed by atoms with Crippen LogP contribution in [0.3, 0.4) is 0 Å². The van der Waals surface area contributed by atoms with Crippen LogP contribution in [0.1, 0.15) is 92.9 Å². The maximum Gasteiger partial charge on any atom is 0.309 e. The number of rotatable bonds is 12. The van der Waals surface area contributed by atoms with E-state index in [9.17, 15) is 34.5 Å². The number of hydrogen-bond acceptors (Lipinski definition) is 14. The van der Waals surface area contributed by atoms with Crippen LogP contribution in [-0.2, 0) is 52.3 Å². The van der Waals surface area contributed by atoms with Crippen molar-refractivity contribution in [3.05, 3.63) is 0 Å². The molecule has 14 nitrogen and oxygen atoms in total. The molecule has 3 heterocycles. The first-order chi connectivity index (χ1) is 22.5. The number of ether oxygens (including phenoxy) is 7. The number of carbonyl (C=O) groups is 4. The van der Waals surface area contributed by atoms with Gasteiger partial charge in [0.2, 0.25) is 0 Å². The van der Waals surface area contributed by atoms with Gasteiger partial charge in [-0.15, -0.1) is 0 Å². The van der Waals surface area contributed by atoms with E-state index >= 15 is 0 Å². The van der Waals surface area contributed by atoms with Gasteiger partial charge >= 0.3 is 23.9 Å². The van der Waals surface area contributed by atoms with E-state index in [2.05, 4.69) is 13.8 Å². The van der Waals surface area contributed by atoms with Crippen LogP contribution < -0.4 is 0 Å². The van der Waals surface area contributed by atoms with E-state index in [-0.39, 0.29) is 49.7 Å². The molecule has 3 aliphatic heterocycles. The molecule has 0 aromatic carbocycles. The van der Waals surface area contributed by atoms with E-state index < -0.39 is 83.4 Å². The highest BCUT2D eigenvalue weighted by molar-refractivity contribution is 5.74. The van der Waals surface area contributed by atoms with Crippen LogP contribution in [0.25, 0.3) is 0 Å². The monoisotopic (exact) mass is 684 g/mol. The molecule has 1 spiro atoms. The van der Waals surface area contributed by atoms with Gasteiger partial charge in [0.05, 0.1) is 49.6 Å². The second kappa shape index (κ2) is 14.1. The summed E-state index contributed by atoms with van der Waals surface area (Å²) in [5, 5.41) is 30.6. The van der Waals surface area contributed by atoms with Crippen LogP contribution in [0.5, 0.6) is 0 Å². The van der Waals surface area contributed by atoms with Crippen molar-refractivity contribution in [1.82, 2.24) is 0 Å². The third-order valence-corrected chi connectivity index (χ3v) is 11.5. The molecule has 14 heteroatoms. The minimum Gasteiger partial charge on any atom is -0.465 e. The Balaban J connectivity index is 1.31. The summed E-state index contributed by atoms with van der Waals surface area (Å²) in [6.07, 6.45) is -3.99. The SMILES string of the molecule is CC(=O)O[C@H]1C[C@@H](C)[C@](C)([C@@H]2C[C@H]3CC(O)O[C@H]3O2)[C@H]2C[C@@H](O)C[C@]3(CO3)[C@]12COC(=O)C[C@H](C)OC(=O)C[C@H](C)OC(=O)C[C@H](C)O. The van der Waals surface area contributed by atoms with Crippen LogP contribution in [-0.4, -0.2) is 107 Å². The largest absolute Gasteiger partial charge is 0.465 e. The first-order valence-corrected chi connectivity index (χ1v) is 17.2. The lowest BCUT2D eigenvalue weighted by Crippen LogP contribution is -2.70. The Kier molecular flexibility index (Phi) is 10.8. The van der Waals surface area contributed by atoms with Crippen molar-refractivity contribution in [2.24, 2.45) is 28.6 Å².